The molecule has 0 amide bonds. The van der Waals surface area contributed by atoms with Crippen molar-refractivity contribution in [3.8, 4) is 0 Å². The first-order chi connectivity index (χ1) is 3.34. The average Bonchev–Trinajstić information content (AvgIpc) is 1.65. The minimum Gasteiger partial charge on any atom is -0.329 e. The van der Waals surface area contributed by atoms with Gasteiger partial charge in [-0.25, -0.2) is 0 Å². The number of likely N-dealkylation sites (tertiary alicyclic amines) is 1. The standard InChI is InChI=1S/C5H12N2.2ClH/c1-7-3-2-5(7)4-6;;/h5H,2-4,6H2,1H3;2*1H. The van der Waals surface area contributed by atoms with Crippen molar-refractivity contribution in [2.75, 3.05) is 20.1 Å². The van der Waals surface area contributed by atoms with E-state index in [4.69, 9.17) is 5.73 Å². The molecule has 0 radical (unpaired) electrons. The second-order valence-electron chi connectivity index (χ2n) is 2.16. The second kappa shape index (κ2) is 5.30. The molecule has 1 aliphatic heterocycles. The van der Waals surface area contributed by atoms with Crippen LogP contribution in [0, 0.1) is 0 Å². The smallest absolute Gasteiger partial charge is 0.0227 e. The van der Waals surface area contributed by atoms with Crippen LogP contribution in [0.1, 0.15) is 6.42 Å². The Bertz CT molecular complexity index is 68.0. The van der Waals surface area contributed by atoms with Gasteiger partial charge in [-0.3, -0.25) is 0 Å². The van der Waals surface area contributed by atoms with E-state index >= 15 is 0 Å². The highest BCUT2D eigenvalue weighted by molar-refractivity contribution is 5.85. The van der Waals surface area contributed by atoms with Gasteiger partial charge in [0.2, 0.25) is 0 Å². The van der Waals surface area contributed by atoms with Gasteiger partial charge in [-0.15, -0.1) is 24.8 Å². The molecule has 9 heavy (non-hydrogen) atoms. The summed E-state index contributed by atoms with van der Waals surface area (Å²) in [6.45, 7) is 2.07. The van der Waals surface area contributed by atoms with Crippen LogP contribution in [-0.4, -0.2) is 31.1 Å². The highest BCUT2D eigenvalue weighted by Gasteiger charge is 2.21. The van der Waals surface area contributed by atoms with E-state index in [0.29, 0.717) is 6.04 Å². The van der Waals surface area contributed by atoms with E-state index in [-0.39, 0.29) is 24.8 Å². The molecule has 1 heterocycles. The zero-order valence-corrected chi connectivity index (χ0v) is 7.17. The van der Waals surface area contributed by atoms with Gasteiger partial charge in [0.25, 0.3) is 0 Å². The summed E-state index contributed by atoms with van der Waals surface area (Å²) in [4.78, 5) is 2.28. The van der Waals surface area contributed by atoms with Crippen LogP contribution in [0.4, 0.5) is 0 Å². The molecule has 0 saturated carbocycles. The Morgan fingerprint density at radius 2 is 2.11 bits per heavy atom. The molecule has 0 aromatic heterocycles. The largest absolute Gasteiger partial charge is 0.329 e. The number of nitrogens with zero attached hydrogens (tertiary/aromatic N) is 1. The number of hydrogen-bond acceptors (Lipinski definition) is 2. The van der Waals surface area contributed by atoms with E-state index in [0.717, 1.165) is 6.54 Å². The summed E-state index contributed by atoms with van der Waals surface area (Å²) in [5.74, 6) is 0. The molecular weight excluding hydrogens is 159 g/mol. The van der Waals surface area contributed by atoms with Crippen molar-refractivity contribution >= 4 is 24.8 Å². The van der Waals surface area contributed by atoms with Gasteiger partial charge >= 0.3 is 0 Å². The van der Waals surface area contributed by atoms with Crippen LogP contribution in [0.5, 0.6) is 0 Å². The normalized spacial score (nSPS) is 25.3. The maximum atomic E-state index is 5.38. The van der Waals surface area contributed by atoms with Gasteiger partial charge in [0, 0.05) is 12.6 Å². The molecule has 1 atom stereocenters. The molecule has 58 valence electrons. The van der Waals surface area contributed by atoms with E-state index in [1.54, 1.807) is 0 Å². The Labute approximate surface area is 68.6 Å². The molecule has 0 aromatic carbocycles. The number of nitrogens with two attached hydrogens (primary N) is 1. The van der Waals surface area contributed by atoms with Crippen molar-refractivity contribution in [2.45, 2.75) is 12.5 Å². The fourth-order valence-corrected chi connectivity index (χ4v) is 0.868. The lowest BCUT2D eigenvalue weighted by atomic mass is 10.1. The van der Waals surface area contributed by atoms with Gasteiger partial charge in [-0.1, -0.05) is 0 Å². The predicted octanol–water partition coefficient (Wildman–Crippen LogP) is 0.493. The molecule has 1 fully saturated rings. The molecule has 0 aromatic rings. The third-order valence-corrected chi connectivity index (χ3v) is 1.71. The van der Waals surface area contributed by atoms with Crippen LogP contribution in [0.3, 0.4) is 0 Å². The summed E-state index contributed by atoms with van der Waals surface area (Å²) in [6, 6.07) is 0.694. The first-order valence-electron chi connectivity index (χ1n) is 2.75. The molecule has 0 aliphatic carbocycles. The Morgan fingerprint density at radius 1 is 1.56 bits per heavy atom. The van der Waals surface area contributed by atoms with Gasteiger partial charge < -0.3 is 10.6 Å². The Morgan fingerprint density at radius 3 is 2.11 bits per heavy atom. The SMILES string of the molecule is CN1CCC1CN.Cl.Cl. The fourth-order valence-electron chi connectivity index (χ4n) is 0.868. The predicted molar refractivity (Wildman–Crippen MR) is 44.6 cm³/mol. The maximum absolute atomic E-state index is 5.38. The van der Waals surface area contributed by atoms with Crippen LogP contribution in [-0.2, 0) is 0 Å². The van der Waals surface area contributed by atoms with Crippen LogP contribution in [0.15, 0.2) is 0 Å². The monoisotopic (exact) mass is 172 g/mol. The molecule has 0 bridgehead atoms. The first kappa shape index (κ1) is 12.2. The minimum absolute atomic E-state index is 0. The van der Waals surface area contributed by atoms with Crippen molar-refractivity contribution < 1.29 is 0 Å². The topological polar surface area (TPSA) is 29.3 Å². The highest BCUT2D eigenvalue weighted by Crippen LogP contribution is 2.11. The maximum Gasteiger partial charge on any atom is 0.0227 e. The van der Waals surface area contributed by atoms with Crippen molar-refractivity contribution in [2.24, 2.45) is 5.73 Å². The number of hydrogen-bond donors (Lipinski definition) is 1. The van der Waals surface area contributed by atoms with E-state index in [2.05, 4.69) is 11.9 Å². The van der Waals surface area contributed by atoms with Gasteiger partial charge in [0.05, 0.1) is 0 Å². The Hall–Kier alpha value is 0.500. The molecule has 1 aliphatic rings. The van der Waals surface area contributed by atoms with Crippen molar-refractivity contribution in [1.29, 1.82) is 0 Å². The molecular formula is C5H14Cl2N2. The summed E-state index contributed by atoms with van der Waals surface area (Å²) in [6.07, 6.45) is 1.30. The van der Waals surface area contributed by atoms with E-state index in [1.807, 2.05) is 0 Å². The quantitative estimate of drug-likeness (QED) is 0.625. The van der Waals surface area contributed by atoms with E-state index in [9.17, 15) is 0 Å². The minimum atomic E-state index is 0. The number of halogens is 2. The molecule has 1 saturated heterocycles. The molecule has 2 N–H and O–H groups in total. The lowest BCUT2D eigenvalue weighted by Crippen LogP contribution is -2.48. The summed E-state index contributed by atoms with van der Waals surface area (Å²) < 4.78 is 0. The van der Waals surface area contributed by atoms with Gasteiger partial charge in [-0.05, 0) is 20.0 Å². The van der Waals surface area contributed by atoms with Crippen LogP contribution in [0.25, 0.3) is 0 Å². The highest BCUT2D eigenvalue weighted by atomic mass is 35.5. The average molecular weight is 173 g/mol. The molecule has 1 unspecified atom stereocenters. The third kappa shape index (κ3) is 2.72. The number of likely N-dealkylation sites (N-methyl/N-ethyl adjacent to an activating group) is 1. The van der Waals surface area contributed by atoms with Crippen molar-refractivity contribution in [3.05, 3.63) is 0 Å². The molecule has 0 spiro atoms. The van der Waals surface area contributed by atoms with Gasteiger partial charge in [0.15, 0.2) is 0 Å². The first-order valence-corrected chi connectivity index (χ1v) is 2.75. The van der Waals surface area contributed by atoms with Gasteiger partial charge in [0.1, 0.15) is 0 Å². The van der Waals surface area contributed by atoms with Crippen LogP contribution < -0.4 is 5.73 Å². The van der Waals surface area contributed by atoms with E-state index in [1.165, 1.54) is 13.0 Å². The second-order valence-corrected chi connectivity index (χ2v) is 2.16. The Balaban J connectivity index is 0. The Kier molecular flexibility index (Phi) is 7.18. The van der Waals surface area contributed by atoms with Gasteiger partial charge in [-0.2, -0.15) is 0 Å². The summed E-state index contributed by atoms with van der Waals surface area (Å²) in [5, 5.41) is 0. The van der Waals surface area contributed by atoms with Crippen molar-refractivity contribution in [3.63, 3.8) is 0 Å². The third-order valence-electron chi connectivity index (χ3n) is 1.71. The molecule has 1 rings (SSSR count). The molecule has 2 nitrogen and oxygen atoms in total. The summed E-state index contributed by atoms with van der Waals surface area (Å²) >= 11 is 0. The zero-order chi connectivity index (χ0) is 5.28. The fraction of sp³-hybridized carbons (Fsp3) is 1.00. The summed E-state index contributed by atoms with van der Waals surface area (Å²) in [5.41, 5.74) is 5.38. The van der Waals surface area contributed by atoms with Crippen LogP contribution >= 0.6 is 24.8 Å². The lowest BCUT2D eigenvalue weighted by Gasteiger charge is -2.36. The number of rotatable bonds is 1. The lowest BCUT2D eigenvalue weighted by molar-refractivity contribution is 0.133. The van der Waals surface area contributed by atoms with Crippen molar-refractivity contribution in [1.82, 2.24) is 4.90 Å². The molecule has 4 heteroatoms. The summed E-state index contributed by atoms with van der Waals surface area (Å²) in [7, 11) is 2.11. The van der Waals surface area contributed by atoms with Crippen LogP contribution in [0.2, 0.25) is 0 Å². The zero-order valence-electron chi connectivity index (χ0n) is 5.54. The van der Waals surface area contributed by atoms with E-state index < -0.39 is 0 Å².